The van der Waals surface area contributed by atoms with E-state index in [-0.39, 0.29) is 5.92 Å². The molecule has 0 saturated carbocycles. The van der Waals surface area contributed by atoms with Gasteiger partial charge in [0.2, 0.25) is 0 Å². The van der Waals surface area contributed by atoms with Gasteiger partial charge in [-0.3, -0.25) is 0 Å². The first-order valence-corrected chi connectivity index (χ1v) is 4.99. The standard InChI is InChI=1S/C11H14N2S/c1-7(2)9(6-12)8-3-4-10(13)11(14)5-8/h3-5,7,9,14H,13H2,1-2H3. The van der Waals surface area contributed by atoms with E-state index >= 15 is 0 Å². The van der Waals surface area contributed by atoms with E-state index in [9.17, 15) is 0 Å². The molecule has 0 spiro atoms. The highest BCUT2D eigenvalue weighted by atomic mass is 32.1. The normalized spacial score (nSPS) is 12.5. The largest absolute Gasteiger partial charge is 0.398 e. The molecule has 0 aliphatic heterocycles. The zero-order valence-corrected chi connectivity index (χ0v) is 9.25. The van der Waals surface area contributed by atoms with Crippen LogP contribution in [0.5, 0.6) is 0 Å². The Bertz CT molecular complexity index is 366. The van der Waals surface area contributed by atoms with Gasteiger partial charge in [-0.25, -0.2) is 0 Å². The van der Waals surface area contributed by atoms with E-state index in [1.807, 2.05) is 26.0 Å². The molecular weight excluding hydrogens is 192 g/mol. The van der Waals surface area contributed by atoms with E-state index in [0.717, 1.165) is 10.5 Å². The van der Waals surface area contributed by atoms with Gasteiger partial charge in [0.1, 0.15) is 0 Å². The molecule has 14 heavy (non-hydrogen) atoms. The number of anilines is 1. The number of hydrogen-bond donors (Lipinski definition) is 2. The first-order chi connectivity index (χ1) is 6.56. The lowest BCUT2D eigenvalue weighted by Crippen LogP contribution is -2.04. The van der Waals surface area contributed by atoms with Crippen LogP contribution in [0.15, 0.2) is 23.1 Å². The first kappa shape index (κ1) is 10.9. The Morgan fingerprint density at radius 1 is 1.43 bits per heavy atom. The minimum absolute atomic E-state index is 0.0819. The van der Waals surface area contributed by atoms with Crippen molar-refractivity contribution in [2.24, 2.45) is 5.92 Å². The fourth-order valence-corrected chi connectivity index (χ4v) is 1.59. The van der Waals surface area contributed by atoms with Crippen LogP contribution in [0, 0.1) is 17.2 Å². The van der Waals surface area contributed by atoms with Crippen LogP contribution in [0.1, 0.15) is 25.3 Å². The molecule has 1 aromatic carbocycles. The summed E-state index contributed by atoms with van der Waals surface area (Å²) in [5, 5.41) is 9.00. The van der Waals surface area contributed by atoms with Gasteiger partial charge < -0.3 is 5.73 Å². The van der Waals surface area contributed by atoms with Crippen LogP contribution in [-0.4, -0.2) is 0 Å². The monoisotopic (exact) mass is 206 g/mol. The number of benzene rings is 1. The molecule has 1 aromatic rings. The lowest BCUT2D eigenvalue weighted by atomic mass is 9.90. The molecule has 3 heteroatoms. The van der Waals surface area contributed by atoms with Crippen LogP contribution < -0.4 is 5.73 Å². The van der Waals surface area contributed by atoms with Crippen LogP contribution >= 0.6 is 12.6 Å². The zero-order chi connectivity index (χ0) is 10.7. The van der Waals surface area contributed by atoms with Crippen LogP contribution in [0.3, 0.4) is 0 Å². The smallest absolute Gasteiger partial charge is 0.0736 e. The van der Waals surface area contributed by atoms with E-state index < -0.39 is 0 Å². The van der Waals surface area contributed by atoms with Crippen molar-refractivity contribution >= 4 is 18.3 Å². The lowest BCUT2D eigenvalue weighted by Gasteiger charge is -2.14. The Balaban J connectivity index is 3.08. The summed E-state index contributed by atoms with van der Waals surface area (Å²) >= 11 is 4.23. The molecule has 0 amide bonds. The van der Waals surface area contributed by atoms with Crippen molar-refractivity contribution in [3.63, 3.8) is 0 Å². The molecule has 0 bridgehead atoms. The van der Waals surface area contributed by atoms with Gasteiger partial charge in [0, 0.05) is 10.6 Å². The Morgan fingerprint density at radius 2 is 2.07 bits per heavy atom. The van der Waals surface area contributed by atoms with Crippen LogP contribution in [-0.2, 0) is 0 Å². The SMILES string of the molecule is CC(C)C(C#N)c1ccc(N)c(S)c1. The average Bonchev–Trinajstić information content (AvgIpc) is 2.11. The Kier molecular flexibility index (Phi) is 3.43. The molecule has 1 atom stereocenters. The minimum atomic E-state index is -0.0819. The average molecular weight is 206 g/mol. The number of nitriles is 1. The van der Waals surface area contributed by atoms with E-state index in [2.05, 4.69) is 18.7 Å². The highest BCUT2D eigenvalue weighted by molar-refractivity contribution is 7.80. The fourth-order valence-electron chi connectivity index (χ4n) is 1.36. The third kappa shape index (κ3) is 2.21. The predicted molar refractivity (Wildman–Crippen MR) is 61.3 cm³/mol. The van der Waals surface area contributed by atoms with E-state index in [4.69, 9.17) is 11.0 Å². The Hall–Kier alpha value is -1.14. The molecule has 74 valence electrons. The second-order valence-corrected chi connectivity index (χ2v) is 4.15. The molecule has 2 nitrogen and oxygen atoms in total. The molecule has 0 radical (unpaired) electrons. The quantitative estimate of drug-likeness (QED) is 0.577. The summed E-state index contributed by atoms with van der Waals surface area (Å²) in [6.07, 6.45) is 0. The molecule has 1 unspecified atom stereocenters. The van der Waals surface area contributed by atoms with Crippen molar-refractivity contribution in [2.75, 3.05) is 5.73 Å². The maximum atomic E-state index is 9.00. The summed E-state index contributed by atoms with van der Waals surface area (Å²) < 4.78 is 0. The molecule has 0 aliphatic carbocycles. The number of thiol groups is 1. The number of rotatable bonds is 2. The van der Waals surface area contributed by atoms with Crippen LogP contribution in [0.4, 0.5) is 5.69 Å². The zero-order valence-electron chi connectivity index (χ0n) is 8.36. The van der Waals surface area contributed by atoms with Gasteiger partial charge in [-0.05, 0) is 23.6 Å². The Labute approximate surface area is 90.1 Å². The van der Waals surface area contributed by atoms with Crippen molar-refractivity contribution in [2.45, 2.75) is 24.7 Å². The molecule has 0 fully saturated rings. The van der Waals surface area contributed by atoms with Crippen molar-refractivity contribution < 1.29 is 0 Å². The lowest BCUT2D eigenvalue weighted by molar-refractivity contribution is 0.586. The van der Waals surface area contributed by atoms with Crippen molar-refractivity contribution in [1.29, 1.82) is 5.26 Å². The molecule has 0 aromatic heterocycles. The maximum absolute atomic E-state index is 9.00. The summed E-state index contributed by atoms with van der Waals surface area (Å²) in [6, 6.07) is 7.84. The molecule has 0 aliphatic rings. The summed E-state index contributed by atoms with van der Waals surface area (Å²) in [5.41, 5.74) is 7.29. The molecule has 1 rings (SSSR count). The summed E-state index contributed by atoms with van der Waals surface area (Å²) in [6.45, 7) is 4.06. The summed E-state index contributed by atoms with van der Waals surface area (Å²) in [4.78, 5) is 0.739. The topological polar surface area (TPSA) is 49.8 Å². The first-order valence-electron chi connectivity index (χ1n) is 4.54. The third-order valence-electron chi connectivity index (χ3n) is 2.22. The third-order valence-corrected chi connectivity index (χ3v) is 2.61. The molecular formula is C11H14N2S. The van der Waals surface area contributed by atoms with Gasteiger partial charge >= 0.3 is 0 Å². The number of nitrogens with two attached hydrogens (primary N) is 1. The van der Waals surface area contributed by atoms with Gasteiger partial charge in [0.05, 0.1) is 12.0 Å². The second-order valence-electron chi connectivity index (χ2n) is 3.67. The van der Waals surface area contributed by atoms with Crippen molar-refractivity contribution in [3.05, 3.63) is 23.8 Å². The number of hydrogen-bond acceptors (Lipinski definition) is 3. The highest BCUT2D eigenvalue weighted by Gasteiger charge is 2.15. The van der Waals surface area contributed by atoms with Gasteiger partial charge in [-0.1, -0.05) is 19.9 Å². The molecule has 0 heterocycles. The van der Waals surface area contributed by atoms with Gasteiger partial charge in [-0.2, -0.15) is 5.26 Å². The minimum Gasteiger partial charge on any atom is -0.398 e. The number of nitrogens with zero attached hydrogens (tertiary/aromatic N) is 1. The fraction of sp³-hybridized carbons (Fsp3) is 0.364. The van der Waals surface area contributed by atoms with Crippen molar-refractivity contribution in [3.8, 4) is 6.07 Å². The van der Waals surface area contributed by atoms with Gasteiger partial charge in [-0.15, -0.1) is 12.6 Å². The van der Waals surface area contributed by atoms with Gasteiger partial charge in [0.15, 0.2) is 0 Å². The molecule has 0 saturated heterocycles. The summed E-state index contributed by atoms with van der Waals surface area (Å²) in [7, 11) is 0. The predicted octanol–water partition coefficient (Wildman–Crippen LogP) is 2.82. The molecule has 2 N–H and O–H groups in total. The van der Waals surface area contributed by atoms with E-state index in [0.29, 0.717) is 11.6 Å². The second kappa shape index (κ2) is 4.39. The highest BCUT2D eigenvalue weighted by Crippen LogP contribution is 2.27. The summed E-state index contributed by atoms with van der Waals surface area (Å²) in [5.74, 6) is 0.220. The Morgan fingerprint density at radius 3 is 2.50 bits per heavy atom. The number of nitrogen functional groups attached to an aromatic ring is 1. The van der Waals surface area contributed by atoms with Gasteiger partial charge in [0.25, 0.3) is 0 Å². The van der Waals surface area contributed by atoms with Crippen LogP contribution in [0.2, 0.25) is 0 Å². The van der Waals surface area contributed by atoms with E-state index in [1.54, 1.807) is 6.07 Å². The maximum Gasteiger partial charge on any atom is 0.0736 e. The van der Waals surface area contributed by atoms with Crippen molar-refractivity contribution in [1.82, 2.24) is 0 Å². The van der Waals surface area contributed by atoms with E-state index in [1.165, 1.54) is 0 Å². The van der Waals surface area contributed by atoms with Crippen LogP contribution in [0.25, 0.3) is 0 Å².